The Kier molecular flexibility index (Phi) is 46.7. The minimum absolute atomic E-state index is 0.120. The molecule has 0 rings (SSSR count). The Balaban J connectivity index is 4.56. The number of carbonyl (C=O) groups excluding carboxylic acids is 3. The molecular weight excluding hydrogens is 781 g/mol. The van der Waals surface area contributed by atoms with Gasteiger partial charge in [-0.3, -0.25) is 14.4 Å². The lowest BCUT2D eigenvalue weighted by Crippen LogP contribution is -2.30. The molecule has 1 atom stereocenters. The SMILES string of the molecule is CC/C=C/C=C/C=C/C=C/C=C/CCCC(=O)OCC(COC(=O)CCCCCCCCC/C=C/C/C=C/CCCCC)OC(=O)CCCCCCC/C=C/C=C/C=C/C=C/CC. The molecule has 352 valence electrons. The van der Waals surface area contributed by atoms with Crippen molar-refractivity contribution in [3.05, 3.63) is 134 Å². The molecule has 0 aliphatic heterocycles. The fourth-order valence-electron chi connectivity index (χ4n) is 6.16. The van der Waals surface area contributed by atoms with Crippen LogP contribution >= 0.6 is 0 Å². The summed E-state index contributed by atoms with van der Waals surface area (Å²) >= 11 is 0. The monoisotopic (exact) mass is 869 g/mol. The Morgan fingerprint density at radius 1 is 0.349 bits per heavy atom. The predicted octanol–water partition coefficient (Wildman–Crippen LogP) is 16.3. The van der Waals surface area contributed by atoms with Gasteiger partial charge in [-0.05, 0) is 83.5 Å². The molecule has 0 saturated carbocycles. The van der Waals surface area contributed by atoms with E-state index in [2.05, 4.69) is 75.5 Å². The summed E-state index contributed by atoms with van der Waals surface area (Å²) in [6.45, 7) is 6.21. The first kappa shape index (κ1) is 58.6. The Labute approximate surface area is 385 Å². The fraction of sp³-hybridized carbons (Fsp3) is 0.561. The van der Waals surface area contributed by atoms with Crippen LogP contribution in [0.15, 0.2) is 134 Å². The maximum atomic E-state index is 12.8. The number of ether oxygens (including phenoxy) is 3. The maximum absolute atomic E-state index is 12.8. The van der Waals surface area contributed by atoms with Crippen LogP contribution in [0.5, 0.6) is 0 Å². The Morgan fingerprint density at radius 3 is 1.16 bits per heavy atom. The van der Waals surface area contributed by atoms with E-state index in [1.54, 1.807) is 0 Å². The first-order valence-electron chi connectivity index (χ1n) is 24.8. The molecular formula is C57H88O6. The molecule has 0 aromatic rings. The molecule has 0 aromatic heterocycles. The van der Waals surface area contributed by atoms with Crippen molar-refractivity contribution in [1.82, 2.24) is 0 Å². The number of allylic oxidation sites excluding steroid dienone is 22. The summed E-state index contributed by atoms with van der Waals surface area (Å²) < 4.78 is 16.7. The molecule has 6 heteroatoms. The summed E-state index contributed by atoms with van der Waals surface area (Å²) in [4.78, 5) is 37.9. The lowest BCUT2D eigenvalue weighted by atomic mass is 10.1. The van der Waals surface area contributed by atoms with Crippen LogP contribution in [0.3, 0.4) is 0 Å². The largest absolute Gasteiger partial charge is 0.462 e. The zero-order chi connectivity index (χ0) is 45.8. The summed E-state index contributed by atoms with van der Waals surface area (Å²) in [6, 6.07) is 0. The van der Waals surface area contributed by atoms with Gasteiger partial charge in [0.2, 0.25) is 0 Å². The van der Waals surface area contributed by atoms with E-state index >= 15 is 0 Å². The molecule has 0 aliphatic rings. The molecule has 0 bridgehead atoms. The topological polar surface area (TPSA) is 78.9 Å². The van der Waals surface area contributed by atoms with E-state index < -0.39 is 6.10 Å². The highest BCUT2D eigenvalue weighted by Gasteiger charge is 2.19. The number of carbonyl (C=O) groups is 3. The summed E-state index contributed by atoms with van der Waals surface area (Å²) in [7, 11) is 0. The summed E-state index contributed by atoms with van der Waals surface area (Å²) in [5.41, 5.74) is 0. The first-order valence-corrected chi connectivity index (χ1v) is 24.8. The Bertz CT molecular complexity index is 1420. The van der Waals surface area contributed by atoms with E-state index in [-0.39, 0.29) is 44.0 Å². The van der Waals surface area contributed by atoms with Crippen LogP contribution in [0, 0.1) is 0 Å². The van der Waals surface area contributed by atoms with Gasteiger partial charge in [-0.15, -0.1) is 0 Å². The summed E-state index contributed by atoms with van der Waals surface area (Å²) in [6.07, 6.45) is 70.1. The molecule has 6 nitrogen and oxygen atoms in total. The van der Waals surface area contributed by atoms with E-state index in [9.17, 15) is 14.4 Å². The van der Waals surface area contributed by atoms with Gasteiger partial charge in [0.05, 0.1) is 0 Å². The third kappa shape index (κ3) is 48.4. The second kappa shape index (κ2) is 50.2. The van der Waals surface area contributed by atoms with Crippen molar-refractivity contribution in [3.8, 4) is 0 Å². The Hall–Kier alpha value is -4.45. The van der Waals surface area contributed by atoms with Crippen molar-refractivity contribution < 1.29 is 28.6 Å². The van der Waals surface area contributed by atoms with Crippen LogP contribution in [-0.2, 0) is 28.6 Å². The van der Waals surface area contributed by atoms with Crippen molar-refractivity contribution in [2.45, 2.75) is 194 Å². The van der Waals surface area contributed by atoms with E-state index in [0.29, 0.717) is 12.8 Å². The highest BCUT2D eigenvalue weighted by molar-refractivity contribution is 5.71. The molecule has 0 amide bonds. The fourth-order valence-corrected chi connectivity index (χ4v) is 6.16. The zero-order valence-electron chi connectivity index (χ0n) is 40.0. The number of hydrogen-bond donors (Lipinski definition) is 0. The minimum atomic E-state index is -0.827. The minimum Gasteiger partial charge on any atom is -0.462 e. The van der Waals surface area contributed by atoms with Crippen molar-refractivity contribution in [2.75, 3.05) is 13.2 Å². The van der Waals surface area contributed by atoms with Gasteiger partial charge < -0.3 is 14.2 Å². The van der Waals surface area contributed by atoms with E-state index in [1.165, 1.54) is 51.4 Å². The lowest BCUT2D eigenvalue weighted by Gasteiger charge is -2.18. The molecule has 0 saturated heterocycles. The molecule has 0 aliphatic carbocycles. The van der Waals surface area contributed by atoms with Gasteiger partial charge in [-0.25, -0.2) is 0 Å². The third-order valence-corrected chi connectivity index (χ3v) is 9.84. The summed E-state index contributed by atoms with van der Waals surface area (Å²) in [5, 5.41) is 0. The number of hydrogen-bond acceptors (Lipinski definition) is 6. The average molecular weight is 869 g/mol. The molecule has 0 spiro atoms. The van der Waals surface area contributed by atoms with Crippen molar-refractivity contribution in [1.29, 1.82) is 0 Å². The first-order chi connectivity index (χ1) is 31.0. The van der Waals surface area contributed by atoms with E-state index in [1.807, 2.05) is 79.0 Å². The smallest absolute Gasteiger partial charge is 0.306 e. The molecule has 0 N–H and O–H groups in total. The lowest BCUT2D eigenvalue weighted by molar-refractivity contribution is -0.167. The van der Waals surface area contributed by atoms with Crippen LogP contribution in [0.2, 0.25) is 0 Å². The third-order valence-electron chi connectivity index (χ3n) is 9.84. The molecule has 0 fully saturated rings. The number of esters is 3. The Morgan fingerprint density at radius 2 is 0.698 bits per heavy atom. The second-order valence-corrected chi connectivity index (χ2v) is 15.8. The van der Waals surface area contributed by atoms with Crippen LogP contribution in [-0.4, -0.2) is 37.2 Å². The summed E-state index contributed by atoms with van der Waals surface area (Å²) in [5.74, 6) is -1.04. The van der Waals surface area contributed by atoms with Crippen molar-refractivity contribution in [3.63, 3.8) is 0 Å². The van der Waals surface area contributed by atoms with E-state index in [0.717, 1.165) is 89.9 Å². The highest BCUT2D eigenvalue weighted by Crippen LogP contribution is 2.13. The average Bonchev–Trinajstić information content (AvgIpc) is 3.28. The molecule has 0 radical (unpaired) electrons. The van der Waals surface area contributed by atoms with E-state index in [4.69, 9.17) is 14.2 Å². The van der Waals surface area contributed by atoms with Crippen LogP contribution in [0.25, 0.3) is 0 Å². The van der Waals surface area contributed by atoms with Crippen LogP contribution < -0.4 is 0 Å². The normalized spacial score (nSPS) is 13.3. The van der Waals surface area contributed by atoms with Gasteiger partial charge in [-0.1, -0.05) is 219 Å². The second-order valence-electron chi connectivity index (χ2n) is 15.8. The van der Waals surface area contributed by atoms with Gasteiger partial charge in [0.15, 0.2) is 6.10 Å². The van der Waals surface area contributed by atoms with Gasteiger partial charge in [0, 0.05) is 19.3 Å². The van der Waals surface area contributed by atoms with Gasteiger partial charge in [0.25, 0.3) is 0 Å². The number of rotatable bonds is 42. The van der Waals surface area contributed by atoms with Gasteiger partial charge in [-0.2, -0.15) is 0 Å². The molecule has 63 heavy (non-hydrogen) atoms. The zero-order valence-corrected chi connectivity index (χ0v) is 40.0. The van der Waals surface area contributed by atoms with Crippen LogP contribution in [0.1, 0.15) is 188 Å². The molecule has 0 heterocycles. The van der Waals surface area contributed by atoms with Crippen LogP contribution in [0.4, 0.5) is 0 Å². The van der Waals surface area contributed by atoms with Crippen molar-refractivity contribution in [2.24, 2.45) is 0 Å². The van der Waals surface area contributed by atoms with Gasteiger partial charge >= 0.3 is 17.9 Å². The maximum Gasteiger partial charge on any atom is 0.306 e. The number of unbranched alkanes of at least 4 members (excludes halogenated alkanes) is 16. The van der Waals surface area contributed by atoms with Gasteiger partial charge in [0.1, 0.15) is 13.2 Å². The molecule has 0 aromatic carbocycles. The highest BCUT2D eigenvalue weighted by atomic mass is 16.6. The van der Waals surface area contributed by atoms with Crippen molar-refractivity contribution >= 4 is 17.9 Å². The predicted molar refractivity (Wildman–Crippen MR) is 269 cm³/mol. The molecule has 1 unspecified atom stereocenters. The quantitative estimate of drug-likeness (QED) is 0.0200. The standard InChI is InChI=1S/C57H88O6/c1-4-7-10-13-16-19-22-25-27-28-30-32-35-38-41-44-47-50-56(59)62-53-54(52-61-55(58)49-46-43-40-37-34-31-24-21-18-15-12-9-6-3)63-57(60)51-48-45-42-39-36-33-29-26-23-20-17-14-11-8-5-2/h8-9,11-12,14-21,23-27,29,31,34,37,40,54H,4-7,10,13,22,28,30,32-33,35-36,38-39,41-53H2,1-3H3/b11-8+,12-9+,17-14+,18-15+,19-16+,23-20+,24-21+,27-25+,29-26+,34-31+,40-37+.